The molecule has 2 aromatic carbocycles. The number of rotatable bonds is 6. The van der Waals surface area contributed by atoms with Gasteiger partial charge in [0, 0.05) is 25.8 Å². The molecule has 8 heteroatoms. The summed E-state index contributed by atoms with van der Waals surface area (Å²) in [5, 5.41) is 9.33. The molecule has 0 aliphatic carbocycles. The molecule has 0 saturated heterocycles. The molecule has 2 heterocycles. The first-order valence-electron chi connectivity index (χ1n) is 9.59. The van der Waals surface area contributed by atoms with Crippen LogP contribution in [0.25, 0.3) is 17.1 Å². The first-order chi connectivity index (χ1) is 15.3. The average molecular weight is 560 g/mol. The Morgan fingerprint density at radius 3 is 2.56 bits per heavy atom. The third-order valence-corrected chi connectivity index (χ3v) is 5.86. The minimum Gasteiger partial charge on any atom is -0.488 e. The van der Waals surface area contributed by atoms with Gasteiger partial charge in [0.25, 0.3) is 0 Å². The minimum atomic E-state index is -1.10. The summed E-state index contributed by atoms with van der Waals surface area (Å²) in [6, 6.07) is 19.1. The van der Waals surface area contributed by atoms with Crippen LogP contribution in [0, 0.1) is 12.7 Å². The normalized spacial score (nSPS) is 10.9. The number of carbonyl (C=O) groups is 1. The zero-order valence-electron chi connectivity index (χ0n) is 16.8. The van der Waals surface area contributed by atoms with Crippen LogP contribution in [0.5, 0.6) is 5.75 Å². The van der Waals surface area contributed by atoms with Crippen LogP contribution < -0.4 is 4.74 Å². The van der Waals surface area contributed by atoms with E-state index in [1.807, 2.05) is 41.8 Å². The van der Waals surface area contributed by atoms with Crippen molar-refractivity contribution in [2.45, 2.75) is 13.5 Å². The number of ether oxygens (including phenoxy) is 1. The Kier molecular flexibility index (Phi) is 6.43. The van der Waals surface area contributed by atoms with E-state index >= 15 is 0 Å². The van der Waals surface area contributed by atoms with Crippen LogP contribution in [0.3, 0.4) is 0 Å². The van der Waals surface area contributed by atoms with Gasteiger partial charge in [0.2, 0.25) is 0 Å². The van der Waals surface area contributed by atoms with Gasteiger partial charge >= 0.3 is 5.97 Å². The third-order valence-electron chi connectivity index (χ3n) is 4.87. The number of hydrogen-bond acceptors (Lipinski definition) is 3. The number of aromatic nitrogens is 2. The maximum absolute atomic E-state index is 14.3. The fourth-order valence-corrected chi connectivity index (χ4v) is 4.04. The molecule has 162 valence electrons. The number of halogens is 3. The van der Waals surface area contributed by atoms with Crippen molar-refractivity contribution >= 4 is 37.8 Å². The standard InChI is InChI=1S/C24H17Br2FN2O3/c1-14-5-9-21(29(14)23-4-2-3-20(28-23)24(30)31)18-11-16(25)8-10-22(18)32-13-15-6-7-17(26)12-19(15)27/h2-12H,13H2,1H3,(H,30,31). The molecule has 1 N–H and O–H groups in total. The van der Waals surface area contributed by atoms with Crippen LogP contribution in [0.15, 0.2) is 75.7 Å². The van der Waals surface area contributed by atoms with Crippen LogP contribution in [-0.2, 0) is 6.61 Å². The summed E-state index contributed by atoms with van der Waals surface area (Å²) in [6.07, 6.45) is 0. The quantitative estimate of drug-likeness (QED) is 0.282. The Balaban J connectivity index is 1.76. The van der Waals surface area contributed by atoms with Gasteiger partial charge in [-0.1, -0.05) is 44.0 Å². The van der Waals surface area contributed by atoms with E-state index in [4.69, 9.17) is 4.74 Å². The first kappa shape index (κ1) is 22.2. The SMILES string of the molecule is Cc1ccc(-c2cc(Br)ccc2OCc2ccc(Br)cc2F)n1-c1cccc(C(=O)O)n1. The summed E-state index contributed by atoms with van der Waals surface area (Å²) in [6.45, 7) is 1.97. The van der Waals surface area contributed by atoms with Gasteiger partial charge in [-0.3, -0.25) is 4.57 Å². The van der Waals surface area contributed by atoms with Crippen molar-refractivity contribution in [1.82, 2.24) is 9.55 Å². The average Bonchev–Trinajstić information content (AvgIpc) is 3.15. The lowest BCUT2D eigenvalue weighted by atomic mass is 10.1. The molecule has 0 unspecified atom stereocenters. The Bertz CT molecular complexity index is 1320. The molecule has 0 aliphatic heterocycles. The van der Waals surface area contributed by atoms with Crippen LogP contribution in [0.1, 0.15) is 21.7 Å². The lowest BCUT2D eigenvalue weighted by Gasteiger charge is -2.16. The van der Waals surface area contributed by atoms with Gasteiger partial charge in [0.15, 0.2) is 5.69 Å². The molecule has 2 aromatic heterocycles. The Morgan fingerprint density at radius 2 is 1.81 bits per heavy atom. The molecule has 0 saturated carbocycles. The minimum absolute atomic E-state index is 0.0435. The fourth-order valence-electron chi connectivity index (χ4n) is 3.34. The van der Waals surface area contributed by atoms with Crippen molar-refractivity contribution < 1.29 is 19.0 Å². The van der Waals surface area contributed by atoms with E-state index in [1.54, 1.807) is 24.3 Å². The number of pyridine rings is 1. The molecule has 5 nitrogen and oxygen atoms in total. The van der Waals surface area contributed by atoms with Crippen molar-refractivity contribution in [3.8, 4) is 22.8 Å². The molecule has 0 aliphatic rings. The lowest BCUT2D eigenvalue weighted by Crippen LogP contribution is -2.07. The zero-order chi connectivity index (χ0) is 22.8. The second-order valence-electron chi connectivity index (χ2n) is 7.05. The molecule has 0 atom stereocenters. The maximum Gasteiger partial charge on any atom is 0.354 e. The fraction of sp³-hybridized carbons (Fsp3) is 0.0833. The summed E-state index contributed by atoms with van der Waals surface area (Å²) in [5.41, 5.74) is 2.79. The van der Waals surface area contributed by atoms with Crippen LogP contribution >= 0.6 is 31.9 Å². The number of benzene rings is 2. The number of hydrogen-bond donors (Lipinski definition) is 1. The summed E-state index contributed by atoms with van der Waals surface area (Å²) < 4.78 is 23.6. The highest BCUT2D eigenvalue weighted by Gasteiger charge is 2.17. The maximum atomic E-state index is 14.3. The van der Waals surface area contributed by atoms with Gasteiger partial charge in [-0.25, -0.2) is 14.2 Å². The number of aryl methyl sites for hydroxylation is 1. The van der Waals surface area contributed by atoms with Crippen LogP contribution in [0.4, 0.5) is 4.39 Å². The van der Waals surface area contributed by atoms with E-state index in [0.717, 1.165) is 21.4 Å². The van der Waals surface area contributed by atoms with Crippen LogP contribution in [0.2, 0.25) is 0 Å². The van der Waals surface area contributed by atoms with Crippen molar-refractivity contribution in [2.75, 3.05) is 0 Å². The highest BCUT2D eigenvalue weighted by molar-refractivity contribution is 9.10. The molecule has 4 aromatic rings. The summed E-state index contributed by atoms with van der Waals surface area (Å²) >= 11 is 6.76. The van der Waals surface area contributed by atoms with Crippen molar-refractivity contribution in [3.05, 3.63) is 98.4 Å². The summed E-state index contributed by atoms with van der Waals surface area (Å²) in [5.74, 6) is -0.412. The summed E-state index contributed by atoms with van der Waals surface area (Å²) in [4.78, 5) is 15.7. The number of aromatic carboxylic acids is 1. The molecule has 32 heavy (non-hydrogen) atoms. The number of nitrogens with zero attached hydrogens (tertiary/aromatic N) is 2. The predicted octanol–water partition coefficient (Wildman–Crippen LogP) is 6.79. The Morgan fingerprint density at radius 1 is 1.06 bits per heavy atom. The van der Waals surface area contributed by atoms with Gasteiger partial charge in [-0.05, 0) is 61.5 Å². The van der Waals surface area contributed by atoms with E-state index in [-0.39, 0.29) is 18.1 Å². The molecule has 0 amide bonds. The molecule has 0 radical (unpaired) electrons. The zero-order valence-corrected chi connectivity index (χ0v) is 20.0. The molecular formula is C24H17Br2FN2O3. The predicted molar refractivity (Wildman–Crippen MR) is 127 cm³/mol. The summed E-state index contributed by atoms with van der Waals surface area (Å²) in [7, 11) is 0. The van der Waals surface area contributed by atoms with Crippen molar-refractivity contribution in [1.29, 1.82) is 0 Å². The second kappa shape index (κ2) is 9.26. The topological polar surface area (TPSA) is 64.3 Å². The highest BCUT2D eigenvalue weighted by atomic mass is 79.9. The lowest BCUT2D eigenvalue weighted by molar-refractivity contribution is 0.0690. The molecule has 0 fully saturated rings. The van der Waals surface area contributed by atoms with Gasteiger partial charge in [-0.2, -0.15) is 0 Å². The largest absolute Gasteiger partial charge is 0.488 e. The Labute approximate surface area is 200 Å². The Hall–Kier alpha value is -2.97. The van der Waals surface area contributed by atoms with E-state index in [1.165, 1.54) is 12.1 Å². The first-order valence-corrected chi connectivity index (χ1v) is 11.2. The van der Waals surface area contributed by atoms with E-state index < -0.39 is 5.97 Å². The van der Waals surface area contributed by atoms with E-state index in [2.05, 4.69) is 36.8 Å². The smallest absolute Gasteiger partial charge is 0.354 e. The molecule has 0 bridgehead atoms. The monoisotopic (exact) mass is 558 g/mol. The second-order valence-corrected chi connectivity index (χ2v) is 8.88. The van der Waals surface area contributed by atoms with Gasteiger partial charge < -0.3 is 9.84 Å². The van der Waals surface area contributed by atoms with E-state index in [0.29, 0.717) is 21.6 Å². The number of carboxylic acid groups (broad SMARTS) is 1. The molecule has 4 rings (SSSR count). The molecule has 0 spiro atoms. The van der Waals surface area contributed by atoms with Crippen molar-refractivity contribution in [2.24, 2.45) is 0 Å². The third kappa shape index (κ3) is 4.61. The van der Waals surface area contributed by atoms with Crippen molar-refractivity contribution in [3.63, 3.8) is 0 Å². The van der Waals surface area contributed by atoms with Gasteiger partial charge in [0.1, 0.15) is 24.0 Å². The van der Waals surface area contributed by atoms with Gasteiger partial charge in [0.05, 0.1) is 5.69 Å². The molecular weight excluding hydrogens is 543 g/mol. The highest BCUT2D eigenvalue weighted by Crippen LogP contribution is 2.36. The number of carboxylic acids is 1. The van der Waals surface area contributed by atoms with E-state index in [9.17, 15) is 14.3 Å². The van der Waals surface area contributed by atoms with Crippen LogP contribution in [-0.4, -0.2) is 20.6 Å². The van der Waals surface area contributed by atoms with Gasteiger partial charge in [-0.15, -0.1) is 0 Å².